The number of amides is 2. The van der Waals surface area contributed by atoms with Crippen LogP contribution in [0.5, 0.6) is 5.75 Å². The molecular formula is C17H14Cl2N2O4. The summed E-state index contributed by atoms with van der Waals surface area (Å²) in [7, 11) is 0. The van der Waals surface area contributed by atoms with Gasteiger partial charge in [0.1, 0.15) is 0 Å². The van der Waals surface area contributed by atoms with Crippen LogP contribution in [0.3, 0.4) is 0 Å². The summed E-state index contributed by atoms with van der Waals surface area (Å²) in [4.78, 5) is 34.7. The van der Waals surface area contributed by atoms with Gasteiger partial charge in [-0.3, -0.25) is 14.4 Å². The zero-order valence-corrected chi connectivity index (χ0v) is 14.8. The molecule has 0 heterocycles. The molecule has 130 valence electrons. The maximum atomic E-state index is 12.1. The molecule has 2 rings (SSSR count). The van der Waals surface area contributed by atoms with Gasteiger partial charge in [0.25, 0.3) is 0 Å². The Balaban J connectivity index is 2.52. The molecule has 0 bridgehead atoms. The smallest absolute Gasteiger partial charge is 0.221 e. The monoisotopic (exact) mass is 380 g/mol. The van der Waals surface area contributed by atoms with Crippen molar-refractivity contribution in [3.63, 3.8) is 0 Å². The maximum Gasteiger partial charge on any atom is 0.221 e. The Bertz CT molecular complexity index is 846. The number of aromatic hydroxyl groups is 1. The lowest BCUT2D eigenvalue weighted by Crippen LogP contribution is -2.29. The first-order valence-corrected chi connectivity index (χ1v) is 7.86. The van der Waals surface area contributed by atoms with Gasteiger partial charge in [0.2, 0.25) is 17.6 Å². The van der Waals surface area contributed by atoms with Crippen molar-refractivity contribution >= 4 is 46.9 Å². The van der Waals surface area contributed by atoms with Crippen LogP contribution in [0.25, 0.3) is 6.08 Å². The molecule has 0 aliphatic heterocycles. The van der Waals surface area contributed by atoms with E-state index in [1.165, 1.54) is 38.1 Å². The van der Waals surface area contributed by atoms with Crippen LogP contribution in [0.15, 0.2) is 41.3 Å². The van der Waals surface area contributed by atoms with E-state index in [-0.39, 0.29) is 33.1 Å². The van der Waals surface area contributed by atoms with E-state index in [1.807, 2.05) is 0 Å². The lowest BCUT2D eigenvalue weighted by molar-refractivity contribution is -0.120. The van der Waals surface area contributed by atoms with E-state index in [4.69, 9.17) is 23.2 Å². The number of halogens is 2. The third-order valence-electron chi connectivity index (χ3n) is 3.13. The molecule has 0 radical (unpaired) electrons. The number of hydrogen-bond acceptors (Lipinski definition) is 4. The van der Waals surface area contributed by atoms with Crippen molar-refractivity contribution in [3.8, 4) is 5.75 Å². The highest BCUT2D eigenvalue weighted by Crippen LogP contribution is 2.34. The lowest BCUT2D eigenvalue weighted by atomic mass is 9.99. The van der Waals surface area contributed by atoms with Crippen LogP contribution in [0.4, 0.5) is 0 Å². The Morgan fingerprint density at radius 1 is 1.00 bits per heavy atom. The first-order valence-electron chi connectivity index (χ1n) is 7.10. The molecule has 0 aromatic heterocycles. The normalized spacial score (nSPS) is 15.5. The SMILES string of the molecule is CC(=O)NC1=C/C(=C\c2cc(Cl)c(O)c(Cl)c2)C(NC(C)=O)=CC1=O. The molecule has 3 N–H and O–H groups in total. The molecule has 1 aliphatic rings. The molecule has 6 nitrogen and oxygen atoms in total. The van der Waals surface area contributed by atoms with Gasteiger partial charge >= 0.3 is 0 Å². The van der Waals surface area contributed by atoms with E-state index < -0.39 is 11.7 Å². The number of allylic oxidation sites excluding steroid dienone is 2. The van der Waals surface area contributed by atoms with Gasteiger partial charge in [0.15, 0.2) is 5.75 Å². The van der Waals surface area contributed by atoms with Crippen molar-refractivity contribution in [1.82, 2.24) is 10.6 Å². The van der Waals surface area contributed by atoms with Gasteiger partial charge in [-0.1, -0.05) is 23.2 Å². The van der Waals surface area contributed by atoms with E-state index in [2.05, 4.69) is 10.6 Å². The third kappa shape index (κ3) is 4.71. The largest absolute Gasteiger partial charge is 0.505 e. The van der Waals surface area contributed by atoms with E-state index >= 15 is 0 Å². The van der Waals surface area contributed by atoms with Crippen molar-refractivity contribution in [2.24, 2.45) is 0 Å². The number of carbonyl (C=O) groups is 3. The predicted molar refractivity (Wildman–Crippen MR) is 94.9 cm³/mol. The van der Waals surface area contributed by atoms with Crippen LogP contribution in [0.2, 0.25) is 10.0 Å². The second kappa shape index (κ2) is 7.55. The first-order chi connectivity index (χ1) is 11.7. The topological polar surface area (TPSA) is 95.5 Å². The third-order valence-corrected chi connectivity index (χ3v) is 3.71. The number of phenols is 1. The van der Waals surface area contributed by atoms with E-state index in [9.17, 15) is 19.5 Å². The average Bonchev–Trinajstić information content (AvgIpc) is 2.48. The minimum absolute atomic E-state index is 0.0577. The number of carbonyl (C=O) groups excluding carboxylic acids is 3. The molecule has 0 spiro atoms. The molecule has 1 aromatic carbocycles. The molecule has 1 aromatic rings. The fourth-order valence-electron chi connectivity index (χ4n) is 2.15. The van der Waals surface area contributed by atoms with Crippen molar-refractivity contribution in [1.29, 1.82) is 0 Å². The maximum absolute atomic E-state index is 12.1. The van der Waals surface area contributed by atoms with Crippen LogP contribution >= 0.6 is 23.2 Å². The fraction of sp³-hybridized carbons (Fsp3) is 0.118. The van der Waals surface area contributed by atoms with Gasteiger partial charge in [0.05, 0.1) is 21.4 Å². The van der Waals surface area contributed by atoms with Crippen molar-refractivity contribution in [3.05, 3.63) is 56.9 Å². The van der Waals surface area contributed by atoms with E-state index in [0.29, 0.717) is 11.1 Å². The van der Waals surface area contributed by atoms with Crippen LogP contribution in [0.1, 0.15) is 19.4 Å². The van der Waals surface area contributed by atoms with Crippen molar-refractivity contribution in [2.75, 3.05) is 0 Å². The highest BCUT2D eigenvalue weighted by atomic mass is 35.5. The summed E-state index contributed by atoms with van der Waals surface area (Å²) in [6.45, 7) is 2.59. The Morgan fingerprint density at radius 3 is 2.04 bits per heavy atom. The second-order valence-electron chi connectivity index (χ2n) is 5.28. The zero-order chi connectivity index (χ0) is 18.7. The number of nitrogens with one attached hydrogen (secondary N) is 2. The molecule has 0 atom stereocenters. The summed E-state index contributed by atoms with van der Waals surface area (Å²) in [5, 5.41) is 14.7. The van der Waals surface area contributed by atoms with Crippen molar-refractivity contribution < 1.29 is 19.5 Å². The van der Waals surface area contributed by atoms with Gasteiger partial charge in [-0.2, -0.15) is 0 Å². The summed E-state index contributed by atoms with van der Waals surface area (Å²) in [5.74, 6) is -1.44. The average molecular weight is 381 g/mol. The molecular weight excluding hydrogens is 367 g/mol. The first kappa shape index (κ1) is 18.8. The van der Waals surface area contributed by atoms with Crippen molar-refractivity contribution in [2.45, 2.75) is 13.8 Å². The molecule has 0 saturated heterocycles. The number of hydrogen-bond donors (Lipinski definition) is 3. The molecule has 0 fully saturated rings. The Kier molecular flexibility index (Phi) is 5.66. The summed E-state index contributed by atoms with van der Waals surface area (Å²) < 4.78 is 0. The summed E-state index contributed by atoms with van der Waals surface area (Å²) in [5.41, 5.74) is 1.33. The summed E-state index contributed by atoms with van der Waals surface area (Å²) in [6.07, 6.45) is 4.25. The minimum Gasteiger partial charge on any atom is -0.505 e. The molecule has 1 aliphatic carbocycles. The van der Waals surface area contributed by atoms with Gasteiger partial charge in [-0.05, 0) is 29.8 Å². The fourth-order valence-corrected chi connectivity index (χ4v) is 2.65. The summed E-state index contributed by atoms with van der Waals surface area (Å²) in [6, 6.07) is 2.95. The van der Waals surface area contributed by atoms with Crippen LogP contribution in [-0.4, -0.2) is 22.7 Å². The predicted octanol–water partition coefficient (Wildman–Crippen LogP) is 2.71. The number of benzene rings is 1. The highest BCUT2D eigenvalue weighted by Gasteiger charge is 2.19. The van der Waals surface area contributed by atoms with Gasteiger partial charge in [0, 0.05) is 25.5 Å². The highest BCUT2D eigenvalue weighted by molar-refractivity contribution is 6.37. The standard InChI is InChI=1S/C17H14Cl2N2O4/c1-8(22)20-14-7-16(24)15(21-9(2)23)6-11(14)3-10-4-12(18)17(25)13(19)5-10/h3-7,25H,1-2H3,(H,20,22)(H,21,23)/b11-3+. The number of ketones is 1. The second-order valence-corrected chi connectivity index (χ2v) is 6.09. The minimum atomic E-state index is -0.446. The van der Waals surface area contributed by atoms with Crippen LogP contribution in [-0.2, 0) is 14.4 Å². The molecule has 25 heavy (non-hydrogen) atoms. The molecule has 2 amide bonds. The van der Waals surface area contributed by atoms with Gasteiger partial charge < -0.3 is 15.7 Å². The quantitative estimate of drug-likeness (QED) is 0.750. The zero-order valence-electron chi connectivity index (χ0n) is 13.3. The van der Waals surface area contributed by atoms with Crippen LogP contribution in [0, 0.1) is 0 Å². The molecule has 0 unspecified atom stereocenters. The Morgan fingerprint density at radius 2 is 1.52 bits per heavy atom. The molecule has 0 saturated carbocycles. The van der Waals surface area contributed by atoms with Gasteiger partial charge in [-0.15, -0.1) is 0 Å². The van der Waals surface area contributed by atoms with Gasteiger partial charge in [-0.25, -0.2) is 0 Å². The Labute approximate surface area is 153 Å². The lowest BCUT2D eigenvalue weighted by Gasteiger charge is -2.17. The number of rotatable bonds is 3. The summed E-state index contributed by atoms with van der Waals surface area (Å²) >= 11 is 11.8. The Hall–Kier alpha value is -2.57. The molecule has 8 heteroatoms. The van der Waals surface area contributed by atoms with E-state index in [0.717, 1.165) is 0 Å². The van der Waals surface area contributed by atoms with Crippen LogP contribution < -0.4 is 10.6 Å². The van der Waals surface area contributed by atoms with E-state index in [1.54, 1.807) is 6.08 Å². The number of phenolic OH excluding ortho intramolecular Hbond substituents is 1.